The molecule has 0 saturated carbocycles. The van der Waals surface area contributed by atoms with Gasteiger partial charge in [-0.1, -0.05) is 34.4 Å². The lowest BCUT2D eigenvalue weighted by Gasteiger charge is -2.10. The van der Waals surface area contributed by atoms with Crippen LogP contribution in [0.2, 0.25) is 10.0 Å². The van der Waals surface area contributed by atoms with Crippen molar-refractivity contribution in [2.45, 2.75) is 6.61 Å². The molecule has 0 atom stereocenters. The molecule has 1 aromatic heterocycles. The van der Waals surface area contributed by atoms with E-state index in [-0.39, 0.29) is 18.5 Å². The zero-order chi connectivity index (χ0) is 16.4. The Hall–Kier alpha value is -2.31. The van der Waals surface area contributed by atoms with Crippen LogP contribution in [0.1, 0.15) is 5.56 Å². The molecule has 0 aliphatic heterocycles. The standard InChI is InChI=1S/C15H10Cl2FN3O2/c16-11-6-10(18)3-1-9(11)7-22-13-4-2-8(5-12(13)17)14-20-21-15(19)23-14/h1-6H,7H2,(H2,19,21). The van der Waals surface area contributed by atoms with Gasteiger partial charge in [-0.25, -0.2) is 4.39 Å². The average Bonchev–Trinajstić information content (AvgIpc) is 2.94. The smallest absolute Gasteiger partial charge is 0.313 e. The van der Waals surface area contributed by atoms with Gasteiger partial charge in [-0.3, -0.25) is 0 Å². The van der Waals surface area contributed by atoms with Gasteiger partial charge in [0, 0.05) is 11.1 Å². The summed E-state index contributed by atoms with van der Waals surface area (Å²) in [5, 5.41) is 8.01. The molecule has 0 unspecified atom stereocenters. The number of benzene rings is 2. The van der Waals surface area contributed by atoms with Crippen molar-refractivity contribution in [2.75, 3.05) is 5.73 Å². The van der Waals surface area contributed by atoms with E-state index >= 15 is 0 Å². The molecule has 0 spiro atoms. The van der Waals surface area contributed by atoms with Crippen LogP contribution in [0.25, 0.3) is 11.5 Å². The third kappa shape index (κ3) is 3.55. The van der Waals surface area contributed by atoms with Crippen molar-refractivity contribution in [2.24, 2.45) is 0 Å². The Kier molecular flexibility index (Phi) is 4.36. The predicted molar refractivity (Wildman–Crippen MR) is 84.9 cm³/mol. The van der Waals surface area contributed by atoms with Crippen LogP contribution in [0, 0.1) is 5.82 Å². The van der Waals surface area contributed by atoms with E-state index in [9.17, 15) is 4.39 Å². The minimum Gasteiger partial charge on any atom is -0.487 e. The van der Waals surface area contributed by atoms with Crippen molar-refractivity contribution in [1.29, 1.82) is 0 Å². The molecule has 23 heavy (non-hydrogen) atoms. The Bertz CT molecular complexity index is 854. The zero-order valence-electron chi connectivity index (χ0n) is 11.6. The zero-order valence-corrected chi connectivity index (χ0v) is 13.1. The molecule has 8 heteroatoms. The quantitative estimate of drug-likeness (QED) is 0.754. The van der Waals surface area contributed by atoms with Crippen molar-refractivity contribution < 1.29 is 13.5 Å². The van der Waals surface area contributed by atoms with E-state index in [1.54, 1.807) is 24.3 Å². The maximum absolute atomic E-state index is 13.0. The molecule has 0 saturated heterocycles. The van der Waals surface area contributed by atoms with Gasteiger partial charge in [0.15, 0.2) is 0 Å². The molecule has 2 aromatic carbocycles. The molecule has 0 amide bonds. The van der Waals surface area contributed by atoms with E-state index in [1.165, 1.54) is 12.1 Å². The summed E-state index contributed by atoms with van der Waals surface area (Å²) in [7, 11) is 0. The number of hydrogen-bond donors (Lipinski definition) is 1. The third-order valence-electron chi connectivity index (χ3n) is 3.02. The number of aromatic nitrogens is 2. The number of nitrogen functional groups attached to an aromatic ring is 1. The van der Waals surface area contributed by atoms with Crippen LogP contribution in [0.4, 0.5) is 10.4 Å². The second-order valence-corrected chi connectivity index (χ2v) is 5.43. The Morgan fingerprint density at radius 3 is 2.57 bits per heavy atom. The first-order chi connectivity index (χ1) is 11.0. The first kappa shape index (κ1) is 15.6. The summed E-state index contributed by atoms with van der Waals surface area (Å²) in [4.78, 5) is 0. The fourth-order valence-electron chi connectivity index (χ4n) is 1.90. The maximum Gasteiger partial charge on any atom is 0.313 e. The number of ether oxygens (including phenoxy) is 1. The molecule has 0 aliphatic rings. The minimum absolute atomic E-state index is 0.0256. The fraction of sp³-hybridized carbons (Fsp3) is 0.0667. The molecule has 3 rings (SSSR count). The van der Waals surface area contributed by atoms with E-state index in [1.807, 2.05) is 0 Å². The first-order valence-electron chi connectivity index (χ1n) is 6.48. The van der Waals surface area contributed by atoms with Crippen LogP contribution in [-0.2, 0) is 6.61 Å². The van der Waals surface area contributed by atoms with Crippen LogP contribution in [0.5, 0.6) is 5.75 Å². The summed E-state index contributed by atoms with van der Waals surface area (Å²) in [6.07, 6.45) is 0. The highest BCUT2D eigenvalue weighted by molar-refractivity contribution is 6.32. The van der Waals surface area contributed by atoms with Crippen molar-refractivity contribution >= 4 is 29.2 Å². The second kappa shape index (κ2) is 6.44. The van der Waals surface area contributed by atoms with Gasteiger partial charge in [0.05, 0.1) is 10.0 Å². The van der Waals surface area contributed by atoms with E-state index in [4.69, 9.17) is 38.1 Å². The summed E-state index contributed by atoms with van der Waals surface area (Å²) in [5.74, 6) is 0.306. The summed E-state index contributed by atoms with van der Waals surface area (Å²) >= 11 is 12.1. The van der Waals surface area contributed by atoms with E-state index in [0.717, 1.165) is 0 Å². The summed E-state index contributed by atoms with van der Waals surface area (Å²) in [6.45, 7) is 0.158. The van der Waals surface area contributed by atoms with Crippen LogP contribution >= 0.6 is 23.2 Å². The average molecular weight is 354 g/mol. The SMILES string of the molecule is Nc1nnc(-c2ccc(OCc3ccc(F)cc3Cl)c(Cl)c2)o1. The van der Waals surface area contributed by atoms with E-state index in [2.05, 4.69) is 10.2 Å². The fourth-order valence-corrected chi connectivity index (χ4v) is 2.35. The molecule has 0 radical (unpaired) electrons. The number of anilines is 1. The van der Waals surface area contributed by atoms with Crippen LogP contribution in [0.3, 0.4) is 0 Å². The van der Waals surface area contributed by atoms with Crippen LogP contribution < -0.4 is 10.5 Å². The Morgan fingerprint density at radius 2 is 1.91 bits per heavy atom. The van der Waals surface area contributed by atoms with Gasteiger partial charge >= 0.3 is 6.01 Å². The van der Waals surface area contributed by atoms with Crippen molar-refractivity contribution in [3.63, 3.8) is 0 Å². The molecule has 118 valence electrons. The lowest BCUT2D eigenvalue weighted by atomic mass is 10.2. The monoisotopic (exact) mass is 353 g/mol. The molecule has 0 bridgehead atoms. The predicted octanol–water partition coefficient (Wildman–Crippen LogP) is 4.34. The molecule has 0 aliphatic carbocycles. The van der Waals surface area contributed by atoms with Crippen LogP contribution in [0.15, 0.2) is 40.8 Å². The number of hydrogen-bond acceptors (Lipinski definition) is 5. The van der Waals surface area contributed by atoms with Gasteiger partial charge in [0.2, 0.25) is 5.89 Å². The number of rotatable bonds is 4. The highest BCUT2D eigenvalue weighted by Gasteiger charge is 2.11. The lowest BCUT2D eigenvalue weighted by molar-refractivity contribution is 0.306. The van der Waals surface area contributed by atoms with Gasteiger partial charge < -0.3 is 14.9 Å². The number of halogens is 3. The topological polar surface area (TPSA) is 74.2 Å². The Morgan fingerprint density at radius 1 is 1.09 bits per heavy atom. The maximum atomic E-state index is 13.0. The molecule has 5 nitrogen and oxygen atoms in total. The van der Waals surface area contributed by atoms with Gasteiger partial charge in [0.1, 0.15) is 18.2 Å². The summed E-state index contributed by atoms with van der Waals surface area (Å²) in [5.41, 5.74) is 6.65. The highest BCUT2D eigenvalue weighted by atomic mass is 35.5. The van der Waals surface area contributed by atoms with Crippen molar-refractivity contribution in [3.8, 4) is 17.2 Å². The lowest BCUT2D eigenvalue weighted by Crippen LogP contribution is -1.97. The van der Waals surface area contributed by atoms with Crippen LogP contribution in [-0.4, -0.2) is 10.2 Å². The van der Waals surface area contributed by atoms with E-state index < -0.39 is 5.82 Å². The van der Waals surface area contributed by atoms with Gasteiger partial charge in [-0.2, -0.15) is 0 Å². The van der Waals surface area contributed by atoms with Gasteiger partial charge in [0.25, 0.3) is 0 Å². The number of nitrogens with zero attached hydrogens (tertiary/aromatic N) is 2. The highest BCUT2D eigenvalue weighted by Crippen LogP contribution is 2.31. The van der Waals surface area contributed by atoms with Crippen molar-refractivity contribution in [1.82, 2.24) is 10.2 Å². The van der Waals surface area contributed by atoms with Crippen molar-refractivity contribution in [3.05, 3.63) is 57.8 Å². The first-order valence-corrected chi connectivity index (χ1v) is 7.24. The second-order valence-electron chi connectivity index (χ2n) is 4.62. The molecule has 2 N–H and O–H groups in total. The minimum atomic E-state index is -0.403. The Labute approximate surface area is 140 Å². The molecule has 1 heterocycles. The number of nitrogens with two attached hydrogens (primary N) is 1. The third-order valence-corrected chi connectivity index (χ3v) is 3.66. The molecule has 0 fully saturated rings. The summed E-state index contributed by atoms with van der Waals surface area (Å²) in [6, 6.07) is 9.07. The molecular formula is C15H10Cl2FN3O2. The van der Waals surface area contributed by atoms with E-state index in [0.29, 0.717) is 26.9 Å². The Balaban J connectivity index is 1.76. The van der Waals surface area contributed by atoms with Gasteiger partial charge in [-0.05, 0) is 30.3 Å². The van der Waals surface area contributed by atoms with Gasteiger partial charge in [-0.15, -0.1) is 5.10 Å². The normalized spacial score (nSPS) is 10.7. The molecular weight excluding hydrogens is 344 g/mol. The largest absolute Gasteiger partial charge is 0.487 e. The molecule has 3 aromatic rings. The summed E-state index contributed by atoms with van der Waals surface area (Å²) < 4.78 is 23.7.